The van der Waals surface area contributed by atoms with Crippen LogP contribution in [-0.4, -0.2) is 9.97 Å². The summed E-state index contributed by atoms with van der Waals surface area (Å²) in [4.78, 5) is 11.4. The molecule has 0 saturated heterocycles. The van der Waals surface area contributed by atoms with E-state index in [-0.39, 0.29) is 0 Å². The molecule has 0 aliphatic heterocycles. The summed E-state index contributed by atoms with van der Waals surface area (Å²) in [5, 5.41) is 4.68. The molecule has 0 aliphatic rings. The Morgan fingerprint density at radius 3 is 2.26 bits per heavy atom. The Balaban J connectivity index is 1.91. The van der Waals surface area contributed by atoms with Crippen LogP contribution in [0.4, 0.5) is 11.5 Å². The lowest BCUT2D eigenvalue weighted by Crippen LogP contribution is -2.00. The van der Waals surface area contributed by atoms with Crippen molar-refractivity contribution in [3.63, 3.8) is 0 Å². The molecule has 0 radical (unpaired) electrons. The smallest absolute Gasteiger partial charge is 0.143 e. The molecule has 0 unspecified atom stereocenters. The first-order valence-corrected chi connectivity index (χ1v) is 10.4. The van der Waals surface area contributed by atoms with Crippen LogP contribution in [0.25, 0.3) is 21.3 Å². The van der Waals surface area contributed by atoms with E-state index in [4.69, 9.17) is 0 Å². The highest BCUT2D eigenvalue weighted by Gasteiger charge is 2.17. The second kappa shape index (κ2) is 7.06. The molecule has 0 amide bonds. The maximum absolute atomic E-state index is 4.60. The molecule has 0 spiro atoms. The number of thiophene rings is 1. The Morgan fingerprint density at radius 1 is 0.926 bits per heavy atom. The fourth-order valence-electron chi connectivity index (χ4n) is 3.60. The number of halogens is 1. The first-order valence-electron chi connectivity index (χ1n) is 8.79. The van der Waals surface area contributed by atoms with Crippen LogP contribution in [0.2, 0.25) is 0 Å². The Kier molecular flexibility index (Phi) is 4.74. The number of nitrogens with one attached hydrogen (secondary N) is 1. The molecular formula is C22H20BrN3S. The highest BCUT2D eigenvalue weighted by molar-refractivity contribution is 9.10. The summed E-state index contributed by atoms with van der Waals surface area (Å²) >= 11 is 5.23. The number of hydrogen-bond donors (Lipinski definition) is 1. The van der Waals surface area contributed by atoms with Gasteiger partial charge < -0.3 is 5.32 Å². The van der Waals surface area contributed by atoms with E-state index in [9.17, 15) is 0 Å². The molecule has 4 aromatic rings. The van der Waals surface area contributed by atoms with Crippen molar-refractivity contribution < 1.29 is 0 Å². The fraction of sp³-hybridized carbons (Fsp3) is 0.182. The predicted molar refractivity (Wildman–Crippen MR) is 119 cm³/mol. The van der Waals surface area contributed by atoms with Gasteiger partial charge in [-0.25, -0.2) is 9.97 Å². The van der Waals surface area contributed by atoms with Crippen LogP contribution >= 0.6 is 27.3 Å². The largest absolute Gasteiger partial charge is 0.339 e. The molecule has 27 heavy (non-hydrogen) atoms. The monoisotopic (exact) mass is 437 g/mol. The Hall–Kier alpha value is -2.24. The molecule has 2 aromatic carbocycles. The number of aromatic nitrogens is 2. The van der Waals surface area contributed by atoms with E-state index in [1.54, 1.807) is 17.7 Å². The maximum Gasteiger partial charge on any atom is 0.143 e. The summed E-state index contributed by atoms with van der Waals surface area (Å²) in [6.07, 6.45) is 1.64. The van der Waals surface area contributed by atoms with Crippen molar-refractivity contribution in [2.24, 2.45) is 0 Å². The molecular weight excluding hydrogens is 418 g/mol. The van der Waals surface area contributed by atoms with E-state index in [1.165, 1.54) is 32.7 Å². The van der Waals surface area contributed by atoms with E-state index in [0.29, 0.717) is 0 Å². The summed E-state index contributed by atoms with van der Waals surface area (Å²) in [7, 11) is 0. The van der Waals surface area contributed by atoms with Gasteiger partial charge in [-0.2, -0.15) is 0 Å². The lowest BCUT2D eigenvalue weighted by atomic mass is 10.0. The third-order valence-corrected chi connectivity index (χ3v) is 6.26. The third kappa shape index (κ3) is 3.37. The molecule has 0 saturated carbocycles. The van der Waals surface area contributed by atoms with E-state index in [2.05, 4.69) is 95.3 Å². The summed E-state index contributed by atoms with van der Waals surface area (Å²) in [5.41, 5.74) is 7.20. The zero-order chi connectivity index (χ0) is 19.1. The highest BCUT2D eigenvalue weighted by Crippen LogP contribution is 2.41. The molecule has 2 heterocycles. The standard InChI is InChI=1S/C22H20BrN3S/c1-12-9-13(2)20(14(3)10-12)26-21-19-18(16-5-7-17(23)8-6-16)15(4)27-22(19)25-11-24-21/h5-11H,1-4H3,(H,24,25,26). The van der Waals surface area contributed by atoms with Crippen LogP contribution in [-0.2, 0) is 0 Å². The van der Waals surface area contributed by atoms with Crippen LogP contribution in [0.3, 0.4) is 0 Å². The molecule has 5 heteroatoms. The van der Waals surface area contributed by atoms with E-state index < -0.39 is 0 Å². The SMILES string of the molecule is Cc1cc(C)c(Nc2ncnc3sc(C)c(-c4ccc(Br)cc4)c23)c(C)c1. The lowest BCUT2D eigenvalue weighted by Gasteiger charge is -2.14. The van der Waals surface area contributed by atoms with Crippen molar-refractivity contribution >= 4 is 49.0 Å². The molecule has 0 aliphatic carbocycles. The van der Waals surface area contributed by atoms with Gasteiger partial charge in [0, 0.05) is 20.6 Å². The van der Waals surface area contributed by atoms with Crippen LogP contribution < -0.4 is 5.32 Å². The minimum atomic E-state index is 0.859. The average molecular weight is 438 g/mol. The zero-order valence-corrected chi connectivity index (χ0v) is 18.1. The minimum absolute atomic E-state index is 0.859. The average Bonchev–Trinajstić information content (AvgIpc) is 2.95. The van der Waals surface area contributed by atoms with Gasteiger partial charge in [-0.1, -0.05) is 45.8 Å². The number of fused-ring (bicyclic) bond motifs is 1. The predicted octanol–water partition coefficient (Wildman–Crippen LogP) is 7.10. The molecule has 3 nitrogen and oxygen atoms in total. The van der Waals surface area contributed by atoms with Gasteiger partial charge in [-0.05, 0) is 56.5 Å². The van der Waals surface area contributed by atoms with Gasteiger partial charge in [0.15, 0.2) is 0 Å². The van der Waals surface area contributed by atoms with Gasteiger partial charge in [0.2, 0.25) is 0 Å². The normalized spacial score (nSPS) is 11.1. The van der Waals surface area contributed by atoms with E-state index in [0.717, 1.165) is 26.2 Å². The number of benzene rings is 2. The molecule has 0 atom stereocenters. The number of hydrogen-bond acceptors (Lipinski definition) is 4. The Morgan fingerprint density at radius 2 is 1.59 bits per heavy atom. The third-order valence-electron chi connectivity index (χ3n) is 4.72. The lowest BCUT2D eigenvalue weighted by molar-refractivity contribution is 1.22. The van der Waals surface area contributed by atoms with Gasteiger partial charge in [-0.3, -0.25) is 0 Å². The van der Waals surface area contributed by atoms with Crippen LogP contribution in [0.5, 0.6) is 0 Å². The minimum Gasteiger partial charge on any atom is -0.339 e. The van der Waals surface area contributed by atoms with Gasteiger partial charge in [-0.15, -0.1) is 11.3 Å². The van der Waals surface area contributed by atoms with Crippen molar-refractivity contribution in [2.75, 3.05) is 5.32 Å². The molecule has 0 fully saturated rings. The Labute approximate surface area is 171 Å². The number of nitrogens with zero attached hydrogens (tertiary/aromatic N) is 2. The second-order valence-electron chi connectivity index (χ2n) is 6.84. The summed E-state index contributed by atoms with van der Waals surface area (Å²) in [6, 6.07) is 12.8. The summed E-state index contributed by atoms with van der Waals surface area (Å²) in [5.74, 6) is 0.859. The maximum atomic E-state index is 4.60. The van der Waals surface area contributed by atoms with Crippen molar-refractivity contribution in [2.45, 2.75) is 27.7 Å². The fourth-order valence-corrected chi connectivity index (χ4v) is 4.88. The quantitative estimate of drug-likeness (QED) is 0.371. The summed E-state index contributed by atoms with van der Waals surface area (Å²) < 4.78 is 1.07. The number of rotatable bonds is 3. The molecule has 1 N–H and O–H groups in total. The first-order chi connectivity index (χ1) is 12.9. The van der Waals surface area contributed by atoms with Crippen LogP contribution in [0, 0.1) is 27.7 Å². The number of anilines is 2. The molecule has 4 rings (SSSR count). The van der Waals surface area contributed by atoms with E-state index >= 15 is 0 Å². The first kappa shape index (κ1) is 18.1. The summed E-state index contributed by atoms with van der Waals surface area (Å²) in [6.45, 7) is 8.54. The highest BCUT2D eigenvalue weighted by atomic mass is 79.9. The number of aryl methyl sites for hydroxylation is 4. The molecule has 2 aromatic heterocycles. The van der Waals surface area contributed by atoms with Gasteiger partial charge in [0.25, 0.3) is 0 Å². The van der Waals surface area contributed by atoms with Gasteiger partial charge in [0.05, 0.1) is 5.39 Å². The topological polar surface area (TPSA) is 37.8 Å². The van der Waals surface area contributed by atoms with Crippen molar-refractivity contribution in [3.05, 3.63) is 68.8 Å². The van der Waals surface area contributed by atoms with Gasteiger partial charge >= 0.3 is 0 Å². The van der Waals surface area contributed by atoms with E-state index in [1.807, 2.05) is 0 Å². The van der Waals surface area contributed by atoms with Crippen LogP contribution in [0.15, 0.2) is 47.2 Å². The second-order valence-corrected chi connectivity index (χ2v) is 8.96. The van der Waals surface area contributed by atoms with Gasteiger partial charge in [0.1, 0.15) is 17.0 Å². The Bertz CT molecular complexity index is 1120. The van der Waals surface area contributed by atoms with Crippen molar-refractivity contribution in [1.82, 2.24) is 9.97 Å². The molecule has 0 bridgehead atoms. The van der Waals surface area contributed by atoms with Crippen LogP contribution in [0.1, 0.15) is 21.6 Å². The van der Waals surface area contributed by atoms with Crippen molar-refractivity contribution in [3.8, 4) is 11.1 Å². The molecule has 136 valence electrons. The van der Waals surface area contributed by atoms with Crippen molar-refractivity contribution in [1.29, 1.82) is 0 Å². The zero-order valence-electron chi connectivity index (χ0n) is 15.7.